The molecule has 176 valence electrons. The lowest BCUT2D eigenvalue weighted by atomic mass is 10.1. The Morgan fingerprint density at radius 3 is 2.21 bits per heavy atom. The van der Waals surface area contributed by atoms with Crippen molar-refractivity contribution in [3.63, 3.8) is 0 Å². The fraction of sp³-hybridized carbons (Fsp3) is 0.375. The smallest absolute Gasteiger partial charge is 0.355 e. The van der Waals surface area contributed by atoms with Crippen LogP contribution in [0.4, 0.5) is 5.69 Å². The van der Waals surface area contributed by atoms with Gasteiger partial charge < -0.3 is 28.7 Å². The van der Waals surface area contributed by atoms with Crippen LogP contribution in [-0.4, -0.2) is 69.9 Å². The molecule has 2 aliphatic rings. The van der Waals surface area contributed by atoms with E-state index in [1.54, 1.807) is 28.2 Å². The zero-order valence-electron chi connectivity index (χ0n) is 19.3. The molecule has 1 saturated heterocycles. The van der Waals surface area contributed by atoms with E-state index in [1.807, 2.05) is 26.0 Å². The molecule has 33 heavy (non-hydrogen) atoms. The average Bonchev–Trinajstić information content (AvgIpc) is 3.06. The number of methoxy groups -OCH3 is 2. The SMILES string of the molecule is COC(=O)C1=C(C(=O)OC)N(c2cc(C)c(OCC(=O)N3CCOCC3)c(C)c2)C=CC=C1. The first-order valence-electron chi connectivity index (χ1n) is 10.5. The molecule has 1 aromatic rings. The van der Waals surface area contributed by atoms with Crippen molar-refractivity contribution in [3.05, 3.63) is 59.0 Å². The molecule has 0 aliphatic carbocycles. The molecule has 2 heterocycles. The maximum atomic E-state index is 12.6. The van der Waals surface area contributed by atoms with E-state index in [0.717, 1.165) is 11.1 Å². The van der Waals surface area contributed by atoms with E-state index in [-0.39, 0.29) is 23.8 Å². The van der Waals surface area contributed by atoms with Gasteiger partial charge in [-0.15, -0.1) is 0 Å². The van der Waals surface area contributed by atoms with Crippen molar-refractivity contribution < 1.29 is 33.3 Å². The minimum atomic E-state index is -0.682. The highest BCUT2D eigenvalue weighted by Crippen LogP contribution is 2.33. The third-order valence-electron chi connectivity index (χ3n) is 5.32. The Hall–Kier alpha value is -3.59. The maximum absolute atomic E-state index is 12.6. The van der Waals surface area contributed by atoms with Gasteiger partial charge in [0.2, 0.25) is 0 Å². The number of ether oxygens (including phenoxy) is 4. The Bertz CT molecular complexity index is 997. The van der Waals surface area contributed by atoms with Gasteiger partial charge in [-0.2, -0.15) is 0 Å². The second kappa shape index (κ2) is 10.8. The minimum absolute atomic E-state index is 0.0318. The topological polar surface area (TPSA) is 94.6 Å². The van der Waals surface area contributed by atoms with Crippen LogP contribution < -0.4 is 9.64 Å². The van der Waals surface area contributed by atoms with Crippen molar-refractivity contribution in [2.24, 2.45) is 0 Å². The molecule has 9 nitrogen and oxygen atoms in total. The van der Waals surface area contributed by atoms with Gasteiger partial charge in [-0.05, 0) is 49.3 Å². The number of amides is 1. The number of carbonyl (C=O) groups excluding carboxylic acids is 3. The third-order valence-corrected chi connectivity index (χ3v) is 5.32. The van der Waals surface area contributed by atoms with E-state index in [4.69, 9.17) is 18.9 Å². The predicted molar refractivity (Wildman–Crippen MR) is 121 cm³/mol. The summed E-state index contributed by atoms with van der Waals surface area (Å²) in [6.45, 7) is 5.80. The first-order chi connectivity index (χ1) is 15.9. The molecule has 1 amide bonds. The van der Waals surface area contributed by atoms with E-state index in [0.29, 0.717) is 37.7 Å². The number of morpholine rings is 1. The average molecular weight is 456 g/mol. The van der Waals surface area contributed by atoms with Crippen LogP contribution in [0.5, 0.6) is 5.75 Å². The van der Waals surface area contributed by atoms with Crippen molar-refractivity contribution in [1.82, 2.24) is 4.90 Å². The number of hydrogen-bond acceptors (Lipinski definition) is 8. The van der Waals surface area contributed by atoms with Gasteiger partial charge in [-0.25, -0.2) is 9.59 Å². The van der Waals surface area contributed by atoms with E-state index in [1.165, 1.54) is 20.3 Å². The quantitative estimate of drug-likeness (QED) is 0.601. The normalized spacial score (nSPS) is 15.9. The summed E-state index contributed by atoms with van der Waals surface area (Å²) >= 11 is 0. The number of rotatable bonds is 6. The molecule has 0 unspecified atom stereocenters. The molecule has 0 atom stereocenters. The summed E-state index contributed by atoms with van der Waals surface area (Å²) in [6.07, 6.45) is 6.51. The van der Waals surface area contributed by atoms with Crippen molar-refractivity contribution in [2.75, 3.05) is 52.0 Å². The highest BCUT2D eigenvalue weighted by molar-refractivity contribution is 6.05. The van der Waals surface area contributed by atoms with Crippen molar-refractivity contribution in [3.8, 4) is 5.75 Å². The number of esters is 2. The van der Waals surface area contributed by atoms with Crippen LogP contribution in [0.25, 0.3) is 0 Å². The van der Waals surface area contributed by atoms with Crippen LogP contribution in [0.1, 0.15) is 11.1 Å². The Kier molecular flexibility index (Phi) is 7.89. The molecule has 0 bridgehead atoms. The van der Waals surface area contributed by atoms with Crippen molar-refractivity contribution in [2.45, 2.75) is 13.8 Å². The molecule has 0 N–H and O–H groups in total. The van der Waals surface area contributed by atoms with Gasteiger partial charge in [0.15, 0.2) is 6.61 Å². The van der Waals surface area contributed by atoms with Crippen LogP contribution in [0, 0.1) is 13.8 Å². The molecule has 0 saturated carbocycles. The zero-order valence-corrected chi connectivity index (χ0v) is 19.3. The lowest BCUT2D eigenvalue weighted by Gasteiger charge is -2.27. The van der Waals surface area contributed by atoms with Crippen molar-refractivity contribution in [1.29, 1.82) is 0 Å². The summed E-state index contributed by atoms with van der Waals surface area (Å²) in [5, 5.41) is 0. The number of aryl methyl sites for hydroxylation is 2. The third kappa shape index (κ3) is 5.43. The van der Waals surface area contributed by atoms with Gasteiger partial charge in [0.1, 0.15) is 11.4 Å². The Morgan fingerprint density at radius 2 is 1.61 bits per heavy atom. The second-order valence-electron chi connectivity index (χ2n) is 7.51. The molecule has 0 radical (unpaired) electrons. The largest absolute Gasteiger partial charge is 0.483 e. The highest BCUT2D eigenvalue weighted by Gasteiger charge is 2.28. The van der Waals surface area contributed by atoms with Gasteiger partial charge in [0.05, 0.1) is 33.0 Å². The van der Waals surface area contributed by atoms with Crippen LogP contribution in [0.15, 0.2) is 47.8 Å². The standard InChI is InChI=1S/C24H28N2O7/c1-16-13-18(14-17(2)22(16)33-15-20(27)25-9-11-32-12-10-25)26-8-6-5-7-19(23(28)30-3)21(26)24(29)31-4/h5-8,13-14H,9-12,15H2,1-4H3. The lowest BCUT2D eigenvalue weighted by Crippen LogP contribution is -2.43. The number of anilines is 1. The number of allylic oxidation sites excluding steroid dienone is 2. The predicted octanol–water partition coefficient (Wildman–Crippen LogP) is 2.03. The van der Waals surface area contributed by atoms with E-state index in [9.17, 15) is 14.4 Å². The fourth-order valence-corrected chi connectivity index (χ4v) is 3.70. The zero-order chi connectivity index (χ0) is 24.0. The van der Waals surface area contributed by atoms with Gasteiger partial charge in [-0.3, -0.25) is 4.79 Å². The van der Waals surface area contributed by atoms with Gasteiger partial charge in [-0.1, -0.05) is 6.08 Å². The minimum Gasteiger partial charge on any atom is -0.483 e. The molecule has 3 rings (SSSR count). The summed E-state index contributed by atoms with van der Waals surface area (Å²) in [4.78, 5) is 40.7. The first-order valence-corrected chi connectivity index (χ1v) is 10.5. The number of nitrogens with zero attached hydrogens (tertiary/aromatic N) is 2. The Morgan fingerprint density at radius 1 is 0.970 bits per heavy atom. The second-order valence-corrected chi connectivity index (χ2v) is 7.51. The van der Waals surface area contributed by atoms with E-state index >= 15 is 0 Å². The number of carbonyl (C=O) groups is 3. The molecule has 1 aromatic carbocycles. The molecular weight excluding hydrogens is 428 g/mol. The molecule has 1 fully saturated rings. The summed E-state index contributed by atoms with van der Waals surface area (Å²) in [7, 11) is 2.50. The summed E-state index contributed by atoms with van der Waals surface area (Å²) in [5.41, 5.74) is 2.27. The van der Waals surface area contributed by atoms with Crippen LogP contribution in [0.2, 0.25) is 0 Å². The van der Waals surface area contributed by atoms with Crippen LogP contribution in [-0.2, 0) is 28.6 Å². The molecule has 2 aliphatic heterocycles. The molecule has 0 spiro atoms. The summed E-state index contributed by atoms with van der Waals surface area (Å²) < 4.78 is 20.9. The van der Waals surface area contributed by atoms with Gasteiger partial charge >= 0.3 is 11.9 Å². The van der Waals surface area contributed by atoms with Gasteiger partial charge in [0.25, 0.3) is 5.91 Å². The fourth-order valence-electron chi connectivity index (χ4n) is 3.70. The molecule has 9 heteroatoms. The Balaban J connectivity index is 1.90. The van der Waals surface area contributed by atoms with Crippen LogP contribution >= 0.6 is 0 Å². The first kappa shape index (κ1) is 24.1. The monoisotopic (exact) mass is 456 g/mol. The van der Waals surface area contributed by atoms with E-state index in [2.05, 4.69) is 0 Å². The van der Waals surface area contributed by atoms with Crippen molar-refractivity contribution >= 4 is 23.5 Å². The van der Waals surface area contributed by atoms with Gasteiger partial charge in [0, 0.05) is 25.0 Å². The lowest BCUT2D eigenvalue weighted by molar-refractivity contribution is -0.139. The summed E-state index contributed by atoms with van der Waals surface area (Å²) in [6, 6.07) is 3.63. The summed E-state index contributed by atoms with van der Waals surface area (Å²) in [5.74, 6) is -0.843. The number of benzene rings is 1. The molecular formula is C24H28N2O7. The van der Waals surface area contributed by atoms with Crippen LogP contribution in [0.3, 0.4) is 0 Å². The molecule has 0 aromatic heterocycles. The van der Waals surface area contributed by atoms with E-state index < -0.39 is 11.9 Å². The Labute approximate surface area is 192 Å². The number of hydrogen-bond donors (Lipinski definition) is 0. The maximum Gasteiger partial charge on any atom is 0.355 e. The highest BCUT2D eigenvalue weighted by atomic mass is 16.5.